The van der Waals surface area contributed by atoms with Crippen LogP contribution in [0.3, 0.4) is 0 Å². The van der Waals surface area contributed by atoms with E-state index in [0.717, 1.165) is 11.5 Å². The van der Waals surface area contributed by atoms with Crippen molar-refractivity contribution in [1.29, 1.82) is 0 Å². The maximum Gasteiger partial charge on any atom is 0.124 e. The van der Waals surface area contributed by atoms with Crippen molar-refractivity contribution in [3.05, 3.63) is 57.6 Å². The van der Waals surface area contributed by atoms with Crippen LogP contribution in [0.1, 0.15) is 79.8 Å². The molecule has 2 aromatic carbocycles. The number of rotatable bonds is 5. The van der Waals surface area contributed by atoms with E-state index < -0.39 is 0 Å². The second-order valence-corrected chi connectivity index (χ2v) is 10.3. The molecule has 1 saturated carbocycles. The molecule has 1 fully saturated rings. The number of aryl methyl sites for hydroxylation is 4. The summed E-state index contributed by atoms with van der Waals surface area (Å²) in [5, 5.41) is 0. The molecule has 1 aliphatic rings. The van der Waals surface area contributed by atoms with E-state index in [-0.39, 0.29) is 10.8 Å². The minimum atomic E-state index is 0.162. The van der Waals surface area contributed by atoms with Crippen LogP contribution in [0.5, 0.6) is 11.5 Å². The van der Waals surface area contributed by atoms with Crippen LogP contribution in [0.2, 0.25) is 0 Å². The maximum absolute atomic E-state index is 5.59. The fourth-order valence-electron chi connectivity index (χ4n) is 5.77. The highest BCUT2D eigenvalue weighted by atomic mass is 16.5. The van der Waals surface area contributed by atoms with Gasteiger partial charge in [0.15, 0.2) is 0 Å². The van der Waals surface area contributed by atoms with Crippen LogP contribution in [-0.2, 0) is 10.8 Å². The highest BCUT2D eigenvalue weighted by molar-refractivity contribution is 5.47. The summed E-state index contributed by atoms with van der Waals surface area (Å²) in [6.07, 6.45) is 5.00. The molecule has 0 aliphatic heterocycles. The van der Waals surface area contributed by atoms with E-state index >= 15 is 0 Å². The zero-order valence-electron chi connectivity index (χ0n) is 20.5. The third-order valence-corrected chi connectivity index (χ3v) is 7.88. The predicted molar refractivity (Wildman–Crippen MR) is 127 cm³/mol. The number of hydrogen-bond donors (Lipinski definition) is 0. The first-order chi connectivity index (χ1) is 14.0. The summed E-state index contributed by atoms with van der Waals surface area (Å²) >= 11 is 0. The van der Waals surface area contributed by atoms with Gasteiger partial charge < -0.3 is 9.47 Å². The van der Waals surface area contributed by atoms with Crippen molar-refractivity contribution in [2.24, 2.45) is 5.92 Å². The van der Waals surface area contributed by atoms with Gasteiger partial charge in [-0.3, -0.25) is 0 Å². The van der Waals surface area contributed by atoms with Gasteiger partial charge in [0.05, 0.1) is 14.2 Å². The molecule has 164 valence electrons. The standard InChI is InChI=1S/C28H40O2/c1-18-14-23(15-19(2)25(18)29-8)27(5,6)22-10-12-28(7,13-11-22)24-16-20(3)26(30-9)21(4)17-24/h14-17,22H,10-13H2,1-9H3. The molecule has 0 bridgehead atoms. The Morgan fingerprint density at radius 1 is 0.767 bits per heavy atom. The van der Waals surface area contributed by atoms with Crippen molar-refractivity contribution < 1.29 is 9.47 Å². The fraction of sp³-hybridized carbons (Fsp3) is 0.571. The van der Waals surface area contributed by atoms with E-state index in [2.05, 4.69) is 72.7 Å². The van der Waals surface area contributed by atoms with Crippen LogP contribution < -0.4 is 9.47 Å². The average molecular weight is 409 g/mol. The number of methoxy groups -OCH3 is 2. The molecule has 2 heteroatoms. The van der Waals surface area contributed by atoms with E-state index in [0.29, 0.717) is 5.92 Å². The topological polar surface area (TPSA) is 18.5 Å². The summed E-state index contributed by atoms with van der Waals surface area (Å²) in [7, 11) is 3.54. The SMILES string of the molecule is COc1c(C)cc(C2(C)CCC(C(C)(C)c3cc(C)c(OC)c(C)c3)CC2)cc1C. The van der Waals surface area contributed by atoms with Crippen LogP contribution in [0, 0.1) is 33.6 Å². The number of ether oxygens (including phenoxy) is 2. The summed E-state index contributed by atoms with van der Waals surface area (Å²) in [5.74, 6) is 2.75. The van der Waals surface area contributed by atoms with Crippen LogP contribution in [0.25, 0.3) is 0 Å². The third kappa shape index (κ3) is 3.98. The number of hydrogen-bond acceptors (Lipinski definition) is 2. The van der Waals surface area contributed by atoms with Gasteiger partial charge in [0.25, 0.3) is 0 Å². The second-order valence-electron chi connectivity index (χ2n) is 10.3. The highest BCUT2D eigenvalue weighted by Gasteiger charge is 2.40. The monoisotopic (exact) mass is 408 g/mol. The summed E-state index contributed by atoms with van der Waals surface area (Å²) in [5.41, 5.74) is 8.32. The third-order valence-electron chi connectivity index (χ3n) is 7.88. The summed E-state index contributed by atoms with van der Waals surface area (Å²) < 4.78 is 11.2. The van der Waals surface area contributed by atoms with E-state index in [9.17, 15) is 0 Å². The Labute approximate surface area is 184 Å². The largest absolute Gasteiger partial charge is 0.496 e. The number of benzene rings is 2. The van der Waals surface area contributed by atoms with Gasteiger partial charge in [0, 0.05) is 0 Å². The van der Waals surface area contributed by atoms with Gasteiger partial charge in [-0.25, -0.2) is 0 Å². The van der Waals surface area contributed by atoms with Gasteiger partial charge >= 0.3 is 0 Å². The molecular weight excluding hydrogens is 368 g/mol. The minimum absolute atomic E-state index is 0.162. The molecule has 0 unspecified atom stereocenters. The Hall–Kier alpha value is -1.96. The Morgan fingerprint density at radius 3 is 1.57 bits per heavy atom. The van der Waals surface area contributed by atoms with Gasteiger partial charge in [0.1, 0.15) is 11.5 Å². The van der Waals surface area contributed by atoms with Crippen molar-refractivity contribution in [2.45, 2.75) is 85.0 Å². The molecule has 0 amide bonds. The molecule has 0 atom stereocenters. The zero-order valence-corrected chi connectivity index (χ0v) is 20.5. The molecule has 0 radical (unpaired) electrons. The quantitative estimate of drug-likeness (QED) is 0.514. The minimum Gasteiger partial charge on any atom is -0.496 e. The second kappa shape index (κ2) is 8.29. The van der Waals surface area contributed by atoms with Gasteiger partial charge in [-0.2, -0.15) is 0 Å². The van der Waals surface area contributed by atoms with Gasteiger partial charge in [-0.15, -0.1) is 0 Å². The van der Waals surface area contributed by atoms with Crippen LogP contribution in [-0.4, -0.2) is 14.2 Å². The van der Waals surface area contributed by atoms with Crippen molar-refractivity contribution in [1.82, 2.24) is 0 Å². The Bertz CT molecular complexity index is 868. The molecule has 30 heavy (non-hydrogen) atoms. The van der Waals surface area contributed by atoms with Crippen molar-refractivity contribution in [3.8, 4) is 11.5 Å². The smallest absolute Gasteiger partial charge is 0.124 e. The molecule has 0 saturated heterocycles. The Balaban J connectivity index is 1.82. The van der Waals surface area contributed by atoms with E-state index in [4.69, 9.17) is 9.47 Å². The van der Waals surface area contributed by atoms with E-state index in [1.807, 2.05) is 0 Å². The van der Waals surface area contributed by atoms with Crippen molar-refractivity contribution >= 4 is 0 Å². The summed E-state index contributed by atoms with van der Waals surface area (Å²) in [6, 6.07) is 9.40. The highest BCUT2D eigenvalue weighted by Crippen LogP contribution is 2.49. The predicted octanol–water partition coefficient (Wildman–Crippen LogP) is 7.36. The fourth-order valence-corrected chi connectivity index (χ4v) is 5.77. The molecule has 1 aliphatic carbocycles. The summed E-state index contributed by atoms with van der Waals surface area (Å²) in [6.45, 7) is 16.0. The maximum atomic E-state index is 5.59. The summed E-state index contributed by atoms with van der Waals surface area (Å²) in [4.78, 5) is 0. The van der Waals surface area contributed by atoms with Crippen LogP contribution in [0.15, 0.2) is 24.3 Å². The first kappa shape index (κ1) is 22.7. The molecule has 2 aromatic rings. The molecular formula is C28H40O2. The lowest BCUT2D eigenvalue weighted by Crippen LogP contribution is -2.37. The van der Waals surface area contributed by atoms with Gasteiger partial charge in [-0.05, 0) is 104 Å². The van der Waals surface area contributed by atoms with Crippen molar-refractivity contribution in [2.75, 3.05) is 14.2 Å². The van der Waals surface area contributed by atoms with Gasteiger partial charge in [-0.1, -0.05) is 45.0 Å². The average Bonchev–Trinajstić information content (AvgIpc) is 2.68. The zero-order chi connectivity index (χ0) is 22.3. The molecule has 3 rings (SSSR count). The lowest BCUT2D eigenvalue weighted by Gasteiger charge is -2.44. The molecule has 0 aromatic heterocycles. The van der Waals surface area contributed by atoms with Gasteiger partial charge in [0.2, 0.25) is 0 Å². The van der Waals surface area contributed by atoms with E-state index in [1.165, 1.54) is 59.1 Å². The van der Waals surface area contributed by atoms with Crippen LogP contribution in [0.4, 0.5) is 0 Å². The first-order valence-electron chi connectivity index (χ1n) is 11.3. The first-order valence-corrected chi connectivity index (χ1v) is 11.3. The lowest BCUT2D eigenvalue weighted by molar-refractivity contribution is 0.178. The Kier molecular flexibility index (Phi) is 6.28. The molecule has 2 nitrogen and oxygen atoms in total. The van der Waals surface area contributed by atoms with Crippen molar-refractivity contribution in [3.63, 3.8) is 0 Å². The lowest BCUT2D eigenvalue weighted by atomic mass is 9.60. The van der Waals surface area contributed by atoms with E-state index in [1.54, 1.807) is 14.2 Å². The molecule has 0 N–H and O–H groups in total. The Morgan fingerprint density at radius 2 is 1.17 bits per heavy atom. The molecule has 0 heterocycles. The molecule has 0 spiro atoms. The normalized spacial score (nSPS) is 22.1. The van der Waals surface area contributed by atoms with Crippen LogP contribution >= 0.6 is 0 Å².